The van der Waals surface area contributed by atoms with Crippen LogP contribution in [-0.4, -0.2) is 53.1 Å². The summed E-state index contributed by atoms with van der Waals surface area (Å²) in [5.41, 5.74) is 0.570. The zero-order valence-electron chi connectivity index (χ0n) is 19.4. The maximum atomic E-state index is 13.4. The van der Waals surface area contributed by atoms with E-state index >= 15 is 0 Å². The van der Waals surface area contributed by atoms with Gasteiger partial charge in [-0.1, -0.05) is 6.07 Å². The average molecular weight is 533 g/mol. The quantitative estimate of drug-likeness (QED) is 0.497. The molecule has 1 aliphatic rings. The second kappa shape index (κ2) is 10.3. The lowest BCUT2D eigenvalue weighted by molar-refractivity contribution is 0.0725. The number of hydrogen-bond acceptors (Lipinski definition) is 6. The van der Waals surface area contributed by atoms with Crippen molar-refractivity contribution in [2.75, 3.05) is 24.9 Å². The van der Waals surface area contributed by atoms with Crippen LogP contribution in [0.15, 0.2) is 82.6 Å². The van der Waals surface area contributed by atoms with E-state index in [0.717, 1.165) is 12.1 Å². The Morgan fingerprint density at radius 3 is 2.14 bits per heavy atom. The number of halogens is 1. The molecule has 0 aromatic heterocycles. The monoisotopic (exact) mass is 532 g/mol. The normalized spacial score (nSPS) is 14.9. The number of nitrogens with one attached hydrogen (secondary N) is 1. The zero-order valence-corrected chi connectivity index (χ0v) is 21.1. The molecule has 0 saturated carbocycles. The van der Waals surface area contributed by atoms with E-state index < -0.39 is 30.9 Å². The second-order valence-electron chi connectivity index (χ2n) is 8.35. The molecule has 1 N–H and O–H groups in total. The molecule has 1 aliphatic heterocycles. The first-order chi connectivity index (χ1) is 17.1. The summed E-state index contributed by atoms with van der Waals surface area (Å²) in [6, 6.07) is 16.8. The Hall–Kier alpha value is -3.44. The predicted molar refractivity (Wildman–Crippen MR) is 133 cm³/mol. The van der Waals surface area contributed by atoms with Gasteiger partial charge in [-0.05, 0) is 79.6 Å². The van der Waals surface area contributed by atoms with Gasteiger partial charge in [0.25, 0.3) is 15.9 Å². The van der Waals surface area contributed by atoms with E-state index in [9.17, 15) is 26.0 Å². The van der Waals surface area contributed by atoms with Gasteiger partial charge in [0.2, 0.25) is 0 Å². The Morgan fingerprint density at radius 1 is 0.917 bits per heavy atom. The molecule has 0 atom stereocenters. The number of piperidine rings is 1. The van der Waals surface area contributed by atoms with Crippen LogP contribution in [0, 0.1) is 5.82 Å². The number of anilines is 1. The Morgan fingerprint density at radius 2 is 1.56 bits per heavy atom. The largest absolute Gasteiger partial charge is 0.497 e. The third-order valence-corrected chi connectivity index (χ3v) is 9.70. The number of benzene rings is 3. The molecule has 1 amide bonds. The van der Waals surface area contributed by atoms with Gasteiger partial charge < -0.3 is 9.64 Å². The van der Waals surface area contributed by atoms with Crippen LogP contribution in [0.1, 0.15) is 23.2 Å². The lowest BCUT2D eigenvalue weighted by atomic mass is 10.1. The molecule has 1 heterocycles. The molecule has 4 rings (SSSR count). The van der Waals surface area contributed by atoms with Crippen molar-refractivity contribution in [3.63, 3.8) is 0 Å². The maximum Gasteiger partial charge on any atom is 0.261 e. The molecular weight excluding hydrogens is 507 g/mol. The molecule has 1 fully saturated rings. The topological polar surface area (TPSA) is 110 Å². The molecule has 0 bridgehead atoms. The summed E-state index contributed by atoms with van der Waals surface area (Å²) in [5.74, 6) is -0.364. The summed E-state index contributed by atoms with van der Waals surface area (Å²) < 4.78 is 71.7. The van der Waals surface area contributed by atoms with Gasteiger partial charge >= 0.3 is 0 Å². The standard InChI is InChI=1S/C25H25FN2O6S2/c1-34-21-9-11-22(12-10-21)35(30,31)23-13-15-28(16-14-23)25(29)18-5-7-20(8-6-18)27-36(32,33)24-4-2-3-19(26)17-24/h2-12,17,23,27H,13-16H2,1H3. The van der Waals surface area contributed by atoms with E-state index in [-0.39, 0.29) is 34.5 Å². The number of methoxy groups -OCH3 is 1. The third kappa shape index (κ3) is 5.52. The number of nitrogens with zero attached hydrogens (tertiary/aromatic N) is 1. The number of carbonyl (C=O) groups is 1. The minimum Gasteiger partial charge on any atom is -0.497 e. The smallest absolute Gasteiger partial charge is 0.261 e. The van der Waals surface area contributed by atoms with E-state index in [1.54, 1.807) is 17.0 Å². The van der Waals surface area contributed by atoms with Crippen molar-refractivity contribution in [1.82, 2.24) is 4.90 Å². The molecule has 11 heteroatoms. The van der Waals surface area contributed by atoms with Gasteiger partial charge in [-0.3, -0.25) is 9.52 Å². The molecule has 0 radical (unpaired) electrons. The molecular formula is C25H25FN2O6S2. The molecule has 3 aromatic rings. The van der Waals surface area contributed by atoms with E-state index in [1.165, 1.54) is 55.6 Å². The van der Waals surface area contributed by atoms with Crippen LogP contribution in [-0.2, 0) is 19.9 Å². The summed E-state index contributed by atoms with van der Waals surface area (Å²) in [6.07, 6.45) is 0.622. The Bertz CT molecular complexity index is 1450. The van der Waals surface area contributed by atoms with Crippen molar-refractivity contribution in [2.24, 2.45) is 0 Å². The highest BCUT2D eigenvalue weighted by atomic mass is 32.2. The van der Waals surface area contributed by atoms with Crippen molar-refractivity contribution in [1.29, 1.82) is 0 Å². The van der Waals surface area contributed by atoms with E-state index in [0.29, 0.717) is 24.2 Å². The van der Waals surface area contributed by atoms with Crippen LogP contribution in [0.5, 0.6) is 5.75 Å². The summed E-state index contributed by atoms with van der Waals surface area (Å²) in [5, 5.41) is -0.588. The Balaban J connectivity index is 1.38. The number of hydrogen-bond donors (Lipinski definition) is 1. The fraction of sp³-hybridized carbons (Fsp3) is 0.240. The van der Waals surface area contributed by atoms with E-state index in [2.05, 4.69) is 4.72 Å². The second-order valence-corrected chi connectivity index (χ2v) is 12.3. The van der Waals surface area contributed by atoms with Crippen molar-refractivity contribution in [2.45, 2.75) is 27.9 Å². The van der Waals surface area contributed by atoms with Gasteiger partial charge in [0, 0.05) is 24.3 Å². The first kappa shape index (κ1) is 25.6. The number of likely N-dealkylation sites (tertiary alicyclic amines) is 1. The first-order valence-electron chi connectivity index (χ1n) is 11.2. The van der Waals surface area contributed by atoms with Crippen molar-refractivity contribution in [3.05, 3.63) is 84.2 Å². The van der Waals surface area contributed by atoms with Crippen LogP contribution in [0.4, 0.5) is 10.1 Å². The molecule has 1 saturated heterocycles. The fourth-order valence-electron chi connectivity index (χ4n) is 4.04. The van der Waals surface area contributed by atoms with Gasteiger partial charge in [0.15, 0.2) is 9.84 Å². The van der Waals surface area contributed by atoms with Gasteiger partial charge in [0.1, 0.15) is 11.6 Å². The number of amides is 1. The van der Waals surface area contributed by atoms with Crippen LogP contribution < -0.4 is 9.46 Å². The lowest BCUT2D eigenvalue weighted by Gasteiger charge is -2.32. The molecule has 190 valence electrons. The summed E-state index contributed by atoms with van der Waals surface area (Å²) >= 11 is 0. The highest BCUT2D eigenvalue weighted by Gasteiger charge is 2.33. The Labute approximate surface area is 209 Å². The lowest BCUT2D eigenvalue weighted by Crippen LogP contribution is -2.42. The van der Waals surface area contributed by atoms with Gasteiger partial charge in [-0.15, -0.1) is 0 Å². The fourth-order valence-corrected chi connectivity index (χ4v) is 6.86. The van der Waals surface area contributed by atoms with E-state index in [1.807, 2.05) is 0 Å². The third-order valence-electron chi connectivity index (χ3n) is 6.05. The minimum absolute atomic E-state index is 0.213. The summed E-state index contributed by atoms with van der Waals surface area (Å²) in [6.45, 7) is 0.569. The first-order valence-corrected chi connectivity index (χ1v) is 14.2. The number of ether oxygens (including phenoxy) is 1. The summed E-state index contributed by atoms with van der Waals surface area (Å²) in [4.78, 5) is 14.5. The number of rotatable bonds is 7. The van der Waals surface area contributed by atoms with Crippen molar-refractivity contribution in [3.8, 4) is 5.75 Å². The van der Waals surface area contributed by atoms with Gasteiger partial charge in [-0.2, -0.15) is 0 Å². The highest BCUT2D eigenvalue weighted by Crippen LogP contribution is 2.27. The number of sulfonamides is 1. The molecule has 36 heavy (non-hydrogen) atoms. The van der Waals surface area contributed by atoms with Crippen LogP contribution in [0.2, 0.25) is 0 Å². The van der Waals surface area contributed by atoms with Crippen molar-refractivity contribution < 1.29 is 30.8 Å². The average Bonchev–Trinajstić information content (AvgIpc) is 2.88. The summed E-state index contributed by atoms with van der Waals surface area (Å²) in [7, 11) is -6.01. The van der Waals surface area contributed by atoms with Crippen LogP contribution >= 0.6 is 0 Å². The van der Waals surface area contributed by atoms with Crippen molar-refractivity contribution >= 4 is 31.5 Å². The SMILES string of the molecule is COc1ccc(S(=O)(=O)C2CCN(C(=O)c3ccc(NS(=O)(=O)c4cccc(F)c4)cc3)CC2)cc1. The molecule has 0 spiro atoms. The van der Waals surface area contributed by atoms with Crippen LogP contribution in [0.25, 0.3) is 0 Å². The zero-order chi connectivity index (χ0) is 25.9. The molecule has 0 aliphatic carbocycles. The van der Waals surface area contributed by atoms with Gasteiger partial charge in [0.05, 0.1) is 22.2 Å². The molecule has 3 aromatic carbocycles. The molecule has 0 unspecified atom stereocenters. The molecule has 8 nitrogen and oxygen atoms in total. The van der Waals surface area contributed by atoms with Gasteiger partial charge in [-0.25, -0.2) is 21.2 Å². The number of sulfone groups is 1. The van der Waals surface area contributed by atoms with E-state index in [4.69, 9.17) is 4.74 Å². The predicted octanol–water partition coefficient (Wildman–Crippen LogP) is 3.71. The van der Waals surface area contributed by atoms with Crippen LogP contribution in [0.3, 0.4) is 0 Å². The maximum absolute atomic E-state index is 13.4. The Kier molecular flexibility index (Phi) is 7.32. The number of carbonyl (C=O) groups excluding carboxylic acids is 1. The minimum atomic E-state index is -3.99. The highest BCUT2D eigenvalue weighted by molar-refractivity contribution is 7.92.